The minimum atomic E-state index is -0.466. The lowest BCUT2D eigenvalue weighted by Crippen LogP contribution is -2.33. The molecule has 1 heterocycles. The Kier molecular flexibility index (Phi) is 3.05. The van der Waals surface area contributed by atoms with Crippen molar-refractivity contribution in [2.24, 2.45) is 0 Å². The Balaban J connectivity index is 2.00. The Bertz CT molecular complexity index is 397. The fourth-order valence-electron chi connectivity index (χ4n) is 1.68. The highest BCUT2D eigenvalue weighted by molar-refractivity contribution is 5.89. The fraction of sp³-hybridized carbons (Fsp3) is 0.364. The van der Waals surface area contributed by atoms with Crippen LogP contribution in [0.5, 0.6) is 0 Å². The topological polar surface area (TPSA) is 52.6 Å². The number of aliphatic hydroxyl groups is 1. The number of hydrogen-bond acceptors (Lipinski definition) is 2. The molecule has 1 fully saturated rings. The van der Waals surface area contributed by atoms with Crippen molar-refractivity contribution in [2.45, 2.75) is 12.5 Å². The van der Waals surface area contributed by atoms with Crippen molar-refractivity contribution in [3.8, 4) is 0 Å². The second-order valence-electron chi connectivity index (χ2n) is 3.80. The van der Waals surface area contributed by atoms with Gasteiger partial charge in [0.1, 0.15) is 5.82 Å². The van der Waals surface area contributed by atoms with Crippen LogP contribution in [0.15, 0.2) is 24.3 Å². The molecule has 1 aromatic rings. The molecule has 16 heavy (non-hydrogen) atoms. The summed E-state index contributed by atoms with van der Waals surface area (Å²) in [5.74, 6) is -0.462. The number of benzene rings is 1. The fourth-order valence-corrected chi connectivity index (χ4v) is 1.68. The first-order valence-corrected chi connectivity index (χ1v) is 5.15. The van der Waals surface area contributed by atoms with Crippen molar-refractivity contribution >= 4 is 11.7 Å². The summed E-state index contributed by atoms with van der Waals surface area (Å²) < 4.78 is 13.2. The van der Waals surface area contributed by atoms with Gasteiger partial charge in [-0.2, -0.15) is 0 Å². The summed E-state index contributed by atoms with van der Waals surface area (Å²) in [6, 6.07) is 5.62. The van der Waals surface area contributed by atoms with Gasteiger partial charge in [0, 0.05) is 13.1 Å². The van der Waals surface area contributed by atoms with Crippen molar-refractivity contribution in [3.05, 3.63) is 30.1 Å². The van der Waals surface area contributed by atoms with Gasteiger partial charge in [-0.05, 0) is 18.6 Å². The average molecular weight is 224 g/mol. The quantitative estimate of drug-likeness (QED) is 0.758. The summed E-state index contributed by atoms with van der Waals surface area (Å²) in [7, 11) is 0. The van der Waals surface area contributed by atoms with Gasteiger partial charge < -0.3 is 15.3 Å². The molecular formula is C11H13FN2O2. The van der Waals surface area contributed by atoms with Crippen LogP contribution in [0.4, 0.5) is 14.9 Å². The van der Waals surface area contributed by atoms with Crippen molar-refractivity contribution in [1.82, 2.24) is 4.90 Å². The van der Waals surface area contributed by atoms with Gasteiger partial charge in [-0.25, -0.2) is 9.18 Å². The lowest BCUT2D eigenvalue weighted by Gasteiger charge is -2.16. The molecular weight excluding hydrogens is 211 g/mol. The molecule has 1 saturated heterocycles. The predicted molar refractivity (Wildman–Crippen MR) is 57.6 cm³/mol. The number of hydrogen-bond donors (Lipinski definition) is 2. The number of carbonyl (C=O) groups is 1. The van der Waals surface area contributed by atoms with Crippen molar-refractivity contribution in [1.29, 1.82) is 0 Å². The molecule has 0 spiro atoms. The number of para-hydroxylation sites is 1. The Morgan fingerprint density at radius 1 is 1.50 bits per heavy atom. The summed E-state index contributed by atoms with van der Waals surface area (Å²) >= 11 is 0. The van der Waals surface area contributed by atoms with Crippen LogP contribution in [0, 0.1) is 5.82 Å². The predicted octanol–water partition coefficient (Wildman–Crippen LogP) is 1.42. The minimum Gasteiger partial charge on any atom is -0.391 e. The highest BCUT2D eigenvalue weighted by Crippen LogP contribution is 2.15. The zero-order valence-electron chi connectivity index (χ0n) is 8.69. The first-order valence-electron chi connectivity index (χ1n) is 5.15. The van der Waals surface area contributed by atoms with Crippen LogP contribution < -0.4 is 5.32 Å². The van der Waals surface area contributed by atoms with Gasteiger partial charge in [0.05, 0.1) is 11.8 Å². The van der Waals surface area contributed by atoms with E-state index in [-0.39, 0.29) is 11.7 Å². The standard InChI is InChI=1S/C11H13FN2O2/c12-9-3-1-2-4-10(9)13-11(16)14-6-5-8(15)7-14/h1-4,8,15H,5-7H2,(H,13,16). The maximum atomic E-state index is 13.2. The minimum absolute atomic E-state index is 0.161. The van der Waals surface area contributed by atoms with Crippen LogP contribution >= 0.6 is 0 Å². The Morgan fingerprint density at radius 3 is 2.88 bits per heavy atom. The average Bonchev–Trinajstić information content (AvgIpc) is 2.68. The van der Waals surface area contributed by atoms with Crippen molar-refractivity contribution in [3.63, 3.8) is 0 Å². The Labute approximate surface area is 92.7 Å². The Hall–Kier alpha value is -1.62. The van der Waals surface area contributed by atoms with Crippen LogP contribution in [0.2, 0.25) is 0 Å². The molecule has 5 heteroatoms. The number of rotatable bonds is 1. The smallest absolute Gasteiger partial charge is 0.322 e. The van der Waals surface area contributed by atoms with Gasteiger partial charge in [0.15, 0.2) is 0 Å². The molecule has 2 amide bonds. The molecule has 2 N–H and O–H groups in total. The molecule has 1 unspecified atom stereocenters. The third-order valence-corrected chi connectivity index (χ3v) is 2.57. The van der Waals surface area contributed by atoms with E-state index in [2.05, 4.69) is 5.32 Å². The molecule has 1 atom stereocenters. The number of β-amino-alcohol motifs (C(OH)–C–C–N with tert-alkyl or cyclic N) is 1. The molecule has 1 aromatic carbocycles. The molecule has 0 saturated carbocycles. The monoisotopic (exact) mass is 224 g/mol. The van der Waals surface area contributed by atoms with Gasteiger partial charge in [0.2, 0.25) is 0 Å². The molecule has 0 radical (unpaired) electrons. The lowest BCUT2D eigenvalue weighted by atomic mass is 10.3. The van der Waals surface area contributed by atoms with Gasteiger partial charge in [-0.1, -0.05) is 12.1 Å². The Morgan fingerprint density at radius 2 is 2.25 bits per heavy atom. The summed E-state index contributed by atoms with van der Waals surface area (Å²) in [4.78, 5) is 13.1. The SMILES string of the molecule is O=C(Nc1ccccc1F)N1CCC(O)C1. The van der Waals surface area contributed by atoms with E-state index in [1.807, 2.05) is 0 Å². The van der Waals surface area contributed by atoms with E-state index in [9.17, 15) is 14.3 Å². The maximum Gasteiger partial charge on any atom is 0.322 e. The number of aliphatic hydroxyl groups excluding tert-OH is 1. The van der Waals surface area contributed by atoms with Gasteiger partial charge in [0.25, 0.3) is 0 Å². The summed E-state index contributed by atoms with van der Waals surface area (Å²) in [5, 5.41) is 11.7. The van der Waals surface area contributed by atoms with E-state index >= 15 is 0 Å². The summed E-state index contributed by atoms with van der Waals surface area (Å²) in [6.07, 6.45) is 0.108. The number of urea groups is 1. The van der Waals surface area contributed by atoms with E-state index in [1.54, 1.807) is 12.1 Å². The normalized spacial score (nSPS) is 19.9. The summed E-state index contributed by atoms with van der Waals surface area (Å²) in [5.41, 5.74) is 0.161. The highest BCUT2D eigenvalue weighted by atomic mass is 19.1. The second-order valence-corrected chi connectivity index (χ2v) is 3.80. The van der Waals surface area contributed by atoms with E-state index in [1.165, 1.54) is 17.0 Å². The third-order valence-electron chi connectivity index (χ3n) is 2.57. The van der Waals surface area contributed by atoms with Crippen LogP contribution in [-0.2, 0) is 0 Å². The second kappa shape index (κ2) is 4.49. The largest absolute Gasteiger partial charge is 0.391 e. The molecule has 1 aliphatic heterocycles. The van der Waals surface area contributed by atoms with E-state index in [4.69, 9.17) is 0 Å². The van der Waals surface area contributed by atoms with Crippen LogP contribution in [0.3, 0.4) is 0 Å². The van der Waals surface area contributed by atoms with Crippen LogP contribution in [-0.4, -0.2) is 35.2 Å². The maximum absolute atomic E-state index is 13.2. The van der Waals surface area contributed by atoms with Gasteiger partial charge >= 0.3 is 6.03 Å². The number of likely N-dealkylation sites (tertiary alicyclic amines) is 1. The van der Waals surface area contributed by atoms with Crippen molar-refractivity contribution < 1.29 is 14.3 Å². The zero-order valence-corrected chi connectivity index (χ0v) is 8.69. The molecule has 1 aliphatic rings. The van der Waals surface area contributed by atoms with Crippen LogP contribution in [0.1, 0.15) is 6.42 Å². The van der Waals surface area contributed by atoms with E-state index < -0.39 is 11.9 Å². The molecule has 0 aliphatic carbocycles. The van der Waals surface area contributed by atoms with Crippen molar-refractivity contribution in [2.75, 3.05) is 18.4 Å². The van der Waals surface area contributed by atoms with Crippen LogP contribution in [0.25, 0.3) is 0 Å². The first-order chi connectivity index (χ1) is 7.66. The number of anilines is 1. The number of halogens is 1. The van der Waals surface area contributed by atoms with Gasteiger partial charge in [-0.3, -0.25) is 0 Å². The number of amides is 2. The zero-order chi connectivity index (χ0) is 11.5. The number of nitrogens with one attached hydrogen (secondary N) is 1. The van der Waals surface area contributed by atoms with E-state index in [0.29, 0.717) is 19.5 Å². The highest BCUT2D eigenvalue weighted by Gasteiger charge is 2.24. The third kappa shape index (κ3) is 2.30. The molecule has 2 rings (SSSR count). The van der Waals surface area contributed by atoms with E-state index in [0.717, 1.165) is 0 Å². The molecule has 4 nitrogen and oxygen atoms in total. The molecule has 86 valence electrons. The number of nitrogens with zero attached hydrogens (tertiary/aromatic N) is 1. The van der Waals surface area contributed by atoms with Gasteiger partial charge in [-0.15, -0.1) is 0 Å². The molecule has 0 aromatic heterocycles. The molecule has 0 bridgehead atoms. The number of carbonyl (C=O) groups excluding carboxylic acids is 1. The summed E-state index contributed by atoms with van der Waals surface area (Å²) in [6.45, 7) is 0.807. The first kappa shape index (κ1) is 10.9. The lowest BCUT2D eigenvalue weighted by molar-refractivity contribution is 0.176.